The lowest BCUT2D eigenvalue weighted by Crippen LogP contribution is -2.35. The Morgan fingerprint density at radius 3 is 2.43 bits per heavy atom. The number of ether oxygens (including phenoxy) is 2. The quantitative estimate of drug-likeness (QED) is 0.289. The van der Waals surface area contributed by atoms with Gasteiger partial charge in [-0.2, -0.15) is 0 Å². The molecule has 8 heteroatoms. The number of rotatable bonds is 11. The van der Waals surface area contributed by atoms with Gasteiger partial charge in [-0.05, 0) is 33.1 Å². The zero-order valence-electron chi connectivity index (χ0n) is 12.3. The minimum absolute atomic E-state index is 0.0413. The van der Waals surface area contributed by atoms with Gasteiger partial charge >= 0.3 is 6.03 Å². The molecule has 3 amide bonds. The number of carbonyl (C=O) groups excluding carboxylic acids is 3. The van der Waals surface area contributed by atoms with E-state index in [1.54, 1.807) is 0 Å². The van der Waals surface area contributed by atoms with Crippen molar-refractivity contribution in [2.45, 2.75) is 33.1 Å². The van der Waals surface area contributed by atoms with Gasteiger partial charge < -0.3 is 14.6 Å². The summed E-state index contributed by atoms with van der Waals surface area (Å²) in [6, 6.07) is -0.763. The van der Waals surface area contributed by atoms with Crippen LogP contribution in [0.5, 0.6) is 0 Å². The van der Waals surface area contributed by atoms with Crippen LogP contribution in [0, 0.1) is 0 Å². The number of aliphatic hydroxyl groups excluding tert-OH is 1. The molecular formula is C13H22N2O6. The van der Waals surface area contributed by atoms with E-state index < -0.39 is 6.03 Å². The molecule has 0 aromatic heterocycles. The third-order valence-corrected chi connectivity index (χ3v) is 2.28. The maximum atomic E-state index is 11.3. The average molecular weight is 302 g/mol. The molecule has 0 bridgehead atoms. The SMILES string of the molecule is CC(=O)CO/C(C)=C(/NC(=O)NC=O)OCCCCCO. The third-order valence-electron chi connectivity index (χ3n) is 2.28. The van der Waals surface area contributed by atoms with Crippen LogP contribution >= 0.6 is 0 Å². The number of hydrogen-bond donors (Lipinski definition) is 3. The van der Waals surface area contributed by atoms with Gasteiger partial charge in [0.1, 0.15) is 6.61 Å². The molecule has 0 radical (unpaired) electrons. The van der Waals surface area contributed by atoms with Crippen LogP contribution < -0.4 is 10.6 Å². The number of Topliss-reactive ketones (excluding diaryl/α,β-unsaturated/α-hetero) is 1. The summed E-state index contributed by atoms with van der Waals surface area (Å²) in [5.74, 6) is 0.0991. The van der Waals surface area contributed by atoms with E-state index >= 15 is 0 Å². The maximum Gasteiger partial charge on any atom is 0.328 e. The molecule has 0 unspecified atom stereocenters. The number of amides is 3. The van der Waals surface area contributed by atoms with Crippen molar-refractivity contribution < 1.29 is 29.0 Å². The highest BCUT2D eigenvalue weighted by molar-refractivity contribution is 5.85. The van der Waals surface area contributed by atoms with Gasteiger partial charge in [0, 0.05) is 6.61 Å². The third kappa shape index (κ3) is 10.4. The number of nitrogens with one attached hydrogen (secondary N) is 2. The van der Waals surface area contributed by atoms with Crippen molar-refractivity contribution in [2.24, 2.45) is 0 Å². The van der Waals surface area contributed by atoms with Crippen LogP contribution in [0.3, 0.4) is 0 Å². The molecule has 0 aliphatic heterocycles. The Bertz CT molecular complexity index is 381. The molecule has 0 aromatic rings. The molecule has 0 rings (SSSR count). The van der Waals surface area contributed by atoms with Crippen molar-refractivity contribution in [3.05, 3.63) is 11.6 Å². The zero-order valence-corrected chi connectivity index (χ0v) is 12.3. The topological polar surface area (TPSA) is 114 Å². The Hall–Kier alpha value is -2.09. The molecule has 0 saturated heterocycles. The summed E-state index contributed by atoms with van der Waals surface area (Å²) in [6.45, 7) is 3.18. The number of imide groups is 1. The second kappa shape index (κ2) is 11.7. The van der Waals surface area contributed by atoms with Crippen LogP contribution in [0.4, 0.5) is 4.79 Å². The second-order valence-electron chi connectivity index (χ2n) is 4.23. The number of hydrogen-bond acceptors (Lipinski definition) is 6. The summed E-state index contributed by atoms with van der Waals surface area (Å²) in [5, 5.41) is 12.9. The number of allylic oxidation sites excluding steroid dienone is 1. The molecule has 21 heavy (non-hydrogen) atoms. The largest absolute Gasteiger partial charge is 0.485 e. The van der Waals surface area contributed by atoms with E-state index in [1.165, 1.54) is 13.8 Å². The summed E-state index contributed by atoms with van der Waals surface area (Å²) in [7, 11) is 0. The summed E-state index contributed by atoms with van der Waals surface area (Å²) in [6.07, 6.45) is 2.36. The highest BCUT2D eigenvalue weighted by Gasteiger charge is 2.10. The van der Waals surface area contributed by atoms with Gasteiger partial charge in [0.25, 0.3) is 0 Å². The van der Waals surface area contributed by atoms with Gasteiger partial charge in [-0.15, -0.1) is 0 Å². The molecule has 0 spiro atoms. The Morgan fingerprint density at radius 1 is 1.14 bits per heavy atom. The number of unbranched alkanes of at least 4 members (excludes halogenated alkanes) is 2. The molecule has 0 aliphatic rings. The Labute approximate surface area is 123 Å². The smallest absolute Gasteiger partial charge is 0.328 e. The average Bonchev–Trinajstić information content (AvgIpc) is 2.43. The number of aliphatic hydroxyl groups is 1. The van der Waals surface area contributed by atoms with Crippen LogP contribution in [-0.2, 0) is 19.1 Å². The molecule has 0 atom stereocenters. The fourth-order valence-corrected chi connectivity index (χ4v) is 1.26. The fourth-order valence-electron chi connectivity index (χ4n) is 1.26. The van der Waals surface area contributed by atoms with Gasteiger partial charge in [-0.1, -0.05) is 0 Å². The fraction of sp³-hybridized carbons (Fsp3) is 0.615. The van der Waals surface area contributed by atoms with E-state index in [0.29, 0.717) is 19.4 Å². The van der Waals surface area contributed by atoms with Gasteiger partial charge in [-0.25, -0.2) is 4.79 Å². The maximum absolute atomic E-state index is 11.3. The molecule has 0 aromatic carbocycles. The summed E-state index contributed by atoms with van der Waals surface area (Å²) in [5.41, 5.74) is 0. The molecular weight excluding hydrogens is 280 g/mol. The molecule has 0 saturated carbocycles. The Kier molecular flexibility index (Phi) is 10.5. The molecule has 3 N–H and O–H groups in total. The number of urea groups is 1. The minimum atomic E-state index is -0.763. The highest BCUT2D eigenvalue weighted by atomic mass is 16.5. The first-order valence-corrected chi connectivity index (χ1v) is 6.59. The van der Waals surface area contributed by atoms with Crippen LogP contribution in [0.25, 0.3) is 0 Å². The Balaban J connectivity index is 4.51. The van der Waals surface area contributed by atoms with Crippen LogP contribution in [0.15, 0.2) is 11.6 Å². The van der Waals surface area contributed by atoms with Gasteiger partial charge in [-0.3, -0.25) is 20.2 Å². The summed E-state index contributed by atoms with van der Waals surface area (Å²) < 4.78 is 10.5. The van der Waals surface area contributed by atoms with E-state index in [2.05, 4.69) is 5.32 Å². The van der Waals surface area contributed by atoms with Crippen molar-refractivity contribution in [3.63, 3.8) is 0 Å². The van der Waals surface area contributed by atoms with Crippen molar-refractivity contribution in [3.8, 4) is 0 Å². The van der Waals surface area contributed by atoms with E-state index in [0.717, 1.165) is 6.42 Å². The standard InChI is InChI=1S/C13H22N2O6/c1-10(18)8-21-11(2)12(15-13(19)14-9-17)20-7-5-3-4-6-16/h9,16H,3-8H2,1-2H3,(H2,14,15,17,19)/b12-11-. The summed E-state index contributed by atoms with van der Waals surface area (Å²) in [4.78, 5) is 32.4. The molecule has 120 valence electrons. The van der Waals surface area contributed by atoms with Crippen molar-refractivity contribution in [2.75, 3.05) is 19.8 Å². The predicted molar refractivity (Wildman–Crippen MR) is 74.0 cm³/mol. The highest BCUT2D eigenvalue weighted by Crippen LogP contribution is 2.07. The number of carbonyl (C=O) groups is 3. The van der Waals surface area contributed by atoms with E-state index in [1.807, 2.05) is 5.32 Å². The first-order valence-electron chi connectivity index (χ1n) is 6.59. The van der Waals surface area contributed by atoms with Gasteiger partial charge in [0.2, 0.25) is 12.3 Å². The van der Waals surface area contributed by atoms with E-state index in [4.69, 9.17) is 14.6 Å². The second-order valence-corrected chi connectivity index (χ2v) is 4.23. The lowest BCUT2D eigenvalue weighted by Gasteiger charge is -2.14. The van der Waals surface area contributed by atoms with E-state index in [-0.39, 0.29) is 37.0 Å². The van der Waals surface area contributed by atoms with Crippen molar-refractivity contribution >= 4 is 18.2 Å². The number of ketones is 1. The lowest BCUT2D eigenvalue weighted by atomic mass is 10.2. The minimum Gasteiger partial charge on any atom is -0.485 e. The first-order chi connectivity index (χ1) is 10.0. The summed E-state index contributed by atoms with van der Waals surface area (Å²) >= 11 is 0. The van der Waals surface area contributed by atoms with Gasteiger partial charge in [0.05, 0.1) is 6.61 Å². The molecule has 0 fully saturated rings. The van der Waals surface area contributed by atoms with Crippen LogP contribution in [0.2, 0.25) is 0 Å². The monoisotopic (exact) mass is 302 g/mol. The van der Waals surface area contributed by atoms with Crippen molar-refractivity contribution in [1.82, 2.24) is 10.6 Å². The van der Waals surface area contributed by atoms with Crippen LogP contribution in [-0.4, -0.2) is 43.2 Å². The van der Waals surface area contributed by atoms with Crippen LogP contribution in [0.1, 0.15) is 33.1 Å². The predicted octanol–water partition coefficient (Wildman–Crippen LogP) is 0.416. The Morgan fingerprint density at radius 2 is 1.86 bits per heavy atom. The van der Waals surface area contributed by atoms with Crippen molar-refractivity contribution in [1.29, 1.82) is 0 Å². The normalized spacial score (nSPS) is 11.2. The molecule has 8 nitrogen and oxygen atoms in total. The van der Waals surface area contributed by atoms with Gasteiger partial charge in [0.15, 0.2) is 11.5 Å². The zero-order chi connectivity index (χ0) is 16.1. The molecule has 0 heterocycles. The van der Waals surface area contributed by atoms with E-state index in [9.17, 15) is 14.4 Å². The first kappa shape index (κ1) is 18.9. The molecule has 0 aliphatic carbocycles. The lowest BCUT2D eigenvalue weighted by molar-refractivity contribution is -0.120.